The summed E-state index contributed by atoms with van der Waals surface area (Å²) in [6.07, 6.45) is 6.83. The summed E-state index contributed by atoms with van der Waals surface area (Å²) in [6.45, 7) is 8.61. The predicted octanol–water partition coefficient (Wildman–Crippen LogP) is 3.46. The third-order valence-electron chi connectivity index (χ3n) is 4.43. The van der Waals surface area contributed by atoms with Crippen LogP contribution in [0.2, 0.25) is 0 Å². The summed E-state index contributed by atoms with van der Waals surface area (Å²) >= 11 is 0. The number of aryl methyl sites for hydroxylation is 1. The van der Waals surface area contributed by atoms with Gasteiger partial charge in [-0.3, -0.25) is 4.90 Å². The van der Waals surface area contributed by atoms with Crippen LogP contribution in [0.3, 0.4) is 0 Å². The van der Waals surface area contributed by atoms with Crippen LogP contribution in [-0.2, 0) is 13.1 Å². The summed E-state index contributed by atoms with van der Waals surface area (Å²) in [4.78, 5) is 2.65. The Bertz CT molecular complexity index is 432. The van der Waals surface area contributed by atoms with E-state index < -0.39 is 0 Å². The van der Waals surface area contributed by atoms with Gasteiger partial charge >= 0.3 is 0 Å². The largest absolute Gasteiger partial charge is 0.465 e. The van der Waals surface area contributed by atoms with E-state index in [-0.39, 0.29) is 0 Å². The Morgan fingerprint density at radius 1 is 1.30 bits per heavy atom. The van der Waals surface area contributed by atoms with Crippen molar-refractivity contribution in [2.45, 2.75) is 65.1 Å². The molecule has 1 heterocycles. The number of rotatable bonds is 9. The lowest BCUT2D eigenvalue weighted by Gasteiger charge is -2.20. The third kappa shape index (κ3) is 3.86. The first-order chi connectivity index (χ1) is 9.76. The Kier molecular flexibility index (Phi) is 4.47. The maximum absolute atomic E-state index is 5.97. The van der Waals surface area contributed by atoms with Crippen molar-refractivity contribution in [2.75, 3.05) is 13.1 Å². The van der Waals surface area contributed by atoms with E-state index in [0.717, 1.165) is 43.1 Å². The topological polar surface area (TPSA) is 28.4 Å². The number of hydrogen-bond donors (Lipinski definition) is 1. The van der Waals surface area contributed by atoms with Gasteiger partial charge in [-0.2, -0.15) is 0 Å². The van der Waals surface area contributed by atoms with Gasteiger partial charge < -0.3 is 9.73 Å². The summed E-state index contributed by atoms with van der Waals surface area (Å²) in [5.74, 6) is 3.21. The summed E-state index contributed by atoms with van der Waals surface area (Å²) in [7, 11) is 0. The minimum absolute atomic E-state index is 0.836. The quantitative estimate of drug-likeness (QED) is 0.700. The van der Waals surface area contributed by atoms with Crippen molar-refractivity contribution < 1.29 is 4.42 Å². The van der Waals surface area contributed by atoms with Crippen LogP contribution in [0, 0.1) is 12.8 Å². The molecule has 2 fully saturated rings. The average molecular weight is 276 g/mol. The highest BCUT2D eigenvalue weighted by Crippen LogP contribution is 2.35. The zero-order chi connectivity index (χ0) is 13.9. The fraction of sp³-hybridized carbons (Fsp3) is 0.765. The summed E-state index contributed by atoms with van der Waals surface area (Å²) < 4.78 is 5.97. The molecular weight excluding hydrogens is 248 g/mol. The monoisotopic (exact) mass is 276 g/mol. The highest BCUT2D eigenvalue weighted by Gasteiger charge is 2.34. The Hall–Kier alpha value is -0.800. The highest BCUT2D eigenvalue weighted by atomic mass is 16.3. The van der Waals surface area contributed by atoms with Gasteiger partial charge in [-0.25, -0.2) is 0 Å². The maximum atomic E-state index is 5.97. The molecule has 0 atom stereocenters. The third-order valence-corrected chi connectivity index (χ3v) is 4.43. The minimum Gasteiger partial charge on any atom is -0.465 e. The minimum atomic E-state index is 0.836. The van der Waals surface area contributed by atoms with Gasteiger partial charge in [0, 0.05) is 24.7 Å². The molecule has 0 spiro atoms. The molecule has 0 unspecified atom stereocenters. The van der Waals surface area contributed by atoms with E-state index in [0.29, 0.717) is 0 Å². The normalized spacial score (nSPS) is 18.9. The van der Waals surface area contributed by atoms with Crippen molar-refractivity contribution in [2.24, 2.45) is 5.92 Å². The molecule has 2 aliphatic carbocycles. The second kappa shape index (κ2) is 6.31. The average Bonchev–Trinajstić information content (AvgIpc) is 3.31. The molecule has 3 rings (SSSR count). The second-order valence-electron chi connectivity index (χ2n) is 6.57. The van der Waals surface area contributed by atoms with Crippen LogP contribution in [0.4, 0.5) is 0 Å². The van der Waals surface area contributed by atoms with Crippen LogP contribution in [-0.4, -0.2) is 24.0 Å². The van der Waals surface area contributed by atoms with Crippen molar-refractivity contribution in [3.63, 3.8) is 0 Å². The predicted molar refractivity (Wildman–Crippen MR) is 81.6 cm³/mol. The standard InChI is InChI=1S/C17H28N2O/c1-3-8-18-10-15-9-17(20-13(15)2)12-19(16-6-7-16)11-14-4-5-14/h9,14,16,18H,3-8,10-12H2,1-2H3. The Morgan fingerprint density at radius 3 is 2.75 bits per heavy atom. The van der Waals surface area contributed by atoms with Crippen LogP contribution in [0.15, 0.2) is 10.5 Å². The Balaban J connectivity index is 1.56. The van der Waals surface area contributed by atoms with Gasteiger partial charge in [0.15, 0.2) is 0 Å². The SMILES string of the molecule is CCCNCc1cc(CN(CC2CC2)C2CC2)oc1C. The van der Waals surface area contributed by atoms with E-state index in [1.165, 1.54) is 44.2 Å². The molecule has 2 aliphatic rings. The number of hydrogen-bond acceptors (Lipinski definition) is 3. The molecule has 0 amide bonds. The van der Waals surface area contributed by atoms with Crippen LogP contribution in [0.1, 0.15) is 56.1 Å². The van der Waals surface area contributed by atoms with Crippen LogP contribution in [0.5, 0.6) is 0 Å². The second-order valence-corrected chi connectivity index (χ2v) is 6.57. The summed E-state index contributed by atoms with van der Waals surface area (Å²) in [6, 6.07) is 3.10. The van der Waals surface area contributed by atoms with E-state index in [9.17, 15) is 0 Å². The molecule has 1 aromatic heterocycles. The first-order valence-corrected chi connectivity index (χ1v) is 8.29. The van der Waals surface area contributed by atoms with E-state index in [1.807, 2.05) is 0 Å². The smallest absolute Gasteiger partial charge is 0.118 e. The molecule has 2 saturated carbocycles. The van der Waals surface area contributed by atoms with Gasteiger partial charge in [0.25, 0.3) is 0 Å². The molecular formula is C17H28N2O. The Labute approximate surface area is 122 Å². The fourth-order valence-electron chi connectivity index (χ4n) is 2.86. The van der Waals surface area contributed by atoms with Crippen molar-refractivity contribution in [3.05, 3.63) is 23.2 Å². The molecule has 0 aliphatic heterocycles. The zero-order valence-corrected chi connectivity index (χ0v) is 13.0. The van der Waals surface area contributed by atoms with Gasteiger partial charge in [0.05, 0.1) is 6.54 Å². The fourth-order valence-corrected chi connectivity index (χ4v) is 2.86. The molecule has 1 N–H and O–H groups in total. The van der Waals surface area contributed by atoms with Crippen LogP contribution >= 0.6 is 0 Å². The van der Waals surface area contributed by atoms with Crippen molar-refractivity contribution in [3.8, 4) is 0 Å². The van der Waals surface area contributed by atoms with E-state index in [1.54, 1.807) is 0 Å². The molecule has 3 nitrogen and oxygen atoms in total. The van der Waals surface area contributed by atoms with Crippen molar-refractivity contribution >= 4 is 0 Å². The molecule has 0 bridgehead atoms. The zero-order valence-electron chi connectivity index (χ0n) is 13.0. The number of nitrogens with zero attached hydrogens (tertiary/aromatic N) is 1. The van der Waals surface area contributed by atoms with Gasteiger partial charge in [0.1, 0.15) is 11.5 Å². The molecule has 20 heavy (non-hydrogen) atoms. The molecule has 0 radical (unpaired) electrons. The Morgan fingerprint density at radius 2 is 2.10 bits per heavy atom. The lowest BCUT2D eigenvalue weighted by Crippen LogP contribution is -2.27. The number of nitrogens with one attached hydrogen (secondary N) is 1. The summed E-state index contributed by atoms with van der Waals surface area (Å²) in [5, 5.41) is 3.46. The molecule has 3 heteroatoms. The highest BCUT2D eigenvalue weighted by molar-refractivity contribution is 5.21. The van der Waals surface area contributed by atoms with Gasteiger partial charge in [-0.05, 0) is 57.6 Å². The van der Waals surface area contributed by atoms with Crippen LogP contribution in [0.25, 0.3) is 0 Å². The molecule has 1 aromatic rings. The van der Waals surface area contributed by atoms with Crippen LogP contribution < -0.4 is 5.32 Å². The maximum Gasteiger partial charge on any atom is 0.118 e. The number of furan rings is 1. The van der Waals surface area contributed by atoms with E-state index in [2.05, 4.69) is 30.1 Å². The molecule has 112 valence electrons. The summed E-state index contributed by atoms with van der Waals surface area (Å²) in [5.41, 5.74) is 1.33. The first kappa shape index (κ1) is 14.2. The first-order valence-electron chi connectivity index (χ1n) is 8.29. The van der Waals surface area contributed by atoms with E-state index in [4.69, 9.17) is 4.42 Å². The molecule has 0 aromatic carbocycles. The molecule has 0 saturated heterocycles. The lowest BCUT2D eigenvalue weighted by atomic mass is 10.2. The van der Waals surface area contributed by atoms with Crippen molar-refractivity contribution in [1.82, 2.24) is 10.2 Å². The van der Waals surface area contributed by atoms with Gasteiger partial charge in [-0.15, -0.1) is 0 Å². The van der Waals surface area contributed by atoms with Crippen molar-refractivity contribution in [1.29, 1.82) is 0 Å². The van der Waals surface area contributed by atoms with Gasteiger partial charge in [-0.1, -0.05) is 6.92 Å². The van der Waals surface area contributed by atoms with E-state index >= 15 is 0 Å². The lowest BCUT2D eigenvalue weighted by molar-refractivity contribution is 0.223. The van der Waals surface area contributed by atoms with Gasteiger partial charge in [0.2, 0.25) is 0 Å².